The SMILES string of the molecule is CNC(=O)NC(=O)[C@H](C)OC(=O)c1[nH]c(C)c(C(=O)OC)c1C. The maximum Gasteiger partial charge on any atom is 0.355 e. The highest BCUT2D eigenvalue weighted by Gasteiger charge is 2.26. The monoisotopic (exact) mass is 325 g/mol. The Morgan fingerprint density at radius 1 is 1.13 bits per heavy atom. The van der Waals surface area contributed by atoms with Crippen molar-refractivity contribution in [2.75, 3.05) is 14.2 Å². The molecule has 23 heavy (non-hydrogen) atoms. The van der Waals surface area contributed by atoms with Crippen molar-refractivity contribution in [1.29, 1.82) is 0 Å². The van der Waals surface area contributed by atoms with Crippen LogP contribution < -0.4 is 10.6 Å². The summed E-state index contributed by atoms with van der Waals surface area (Å²) in [6.07, 6.45) is -1.19. The van der Waals surface area contributed by atoms with Crippen LogP contribution in [0.25, 0.3) is 0 Å². The van der Waals surface area contributed by atoms with Crippen molar-refractivity contribution < 1.29 is 28.7 Å². The molecule has 126 valence electrons. The first-order valence-electron chi connectivity index (χ1n) is 6.73. The quantitative estimate of drug-likeness (QED) is 0.689. The van der Waals surface area contributed by atoms with E-state index >= 15 is 0 Å². The van der Waals surface area contributed by atoms with E-state index in [0.717, 1.165) is 0 Å². The van der Waals surface area contributed by atoms with Gasteiger partial charge in [0.1, 0.15) is 5.69 Å². The summed E-state index contributed by atoms with van der Waals surface area (Å²) in [5.41, 5.74) is 1.09. The summed E-state index contributed by atoms with van der Waals surface area (Å²) in [6.45, 7) is 4.49. The Morgan fingerprint density at radius 3 is 2.26 bits per heavy atom. The number of carbonyl (C=O) groups is 4. The average molecular weight is 325 g/mol. The van der Waals surface area contributed by atoms with Crippen LogP contribution in [0.1, 0.15) is 39.0 Å². The first-order valence-corrected chi connectivity index (χ1v) is 6.73. The summed E-state index contributed by atoms with van der Waals surface area (Å²) < 4.78 is 9.64. The van der Waals surface area contributed by atoms with Crippen molar-refractivity contribution in [1.82, 2.24) is 15.6 Å². The highest BCUT2D eigenvalue weighted by atomic mass is 16.5. The fraction of sp³-hybridized carbons (Fsp3) is 0.429. The van der Waals surface area contributed by atoms with E-state index in [2.05, 4.69) is 15.0 Å². The molecule has 1 aromatic rings. The van der Waals surface area contributed by atoms with Gasteiger partial charge in [-0.2, -0.15) is 0 Å². The van der Waals surface area contributed by atoms with Gasteiger partial charge in [0, 0.05) is 12.7 Å². The topological polar surface area (TPSA) is 127 Å². The van der Waals surface area contributed by atoms with E-state index in [0.29, 0.717) is 11.3 Å². The average Bonchev–Trinajstić information content (AvgIpc) is 2.81. The minimum absolute atomic E-state index is 0.0440. The zero-order chi connectivity index (χ0) is 17.7. The van der Waals surface area contributed by atoms with Crippen LogP contribution in [-0.2, 0) is 14.3 Å². The lowest BCUT2D eigenvalue weighted by Gasteiger charge is -2.12. The molecular formula is C14H19N3O6. The number of aryl methyl sites for hydroxylation is 1. The Balaban J connectivity index is 2.89. The maximum atomic E-state index is 12.1. The van der Waals surface area contributed by atoms with Gasteiger partial charge in [0.05, 0.1) is 12.7 Å². The normalized spacial score (nSPS) is 11.3. The molecule has 0 aliphatic rings. The molecule has 1 atom stereocenters. The number of hydrogen-bond donors (Lipinski definition) is 3. The predicted molar refractivity (Wildman–Crippen MR) is 79.1 cm³/mol. The summed E-state index contributed by atoms with van der Waals surface area (Å²) in [4.78, 5) is 49.2. The number of carbonyl (C=O) groups excluding carboxylic acids is 4. The first-order chi connectivity index (χ1) is 10.7. The summed E-state index contributed by atoms with van der Waals surface area (Å²) in [5, 5.41) is 4.20. The summed E-state index contributed by atoms with van der Waals surface area (Å²) in [7, 11) is 2.58. The number of hydrogen-bond acceptors (Lipinski definition) is 6. The van der Waals surface area contributed by atoms with Crippen molar-refractivity contribution in [2.24, 2.45) is 0 Å². The number of rotatable bonds is 4. The van der Waals surface area contributed by atoms with Crippen LogP contribution >= 0.6 is 0 Å². The molecule has 0 aliphatic heterocycles. The first kappa shape index (κ1) is 18.2. The van der Waals surface area contributed by atoms with E-state index in [4.69, 9.17) is 4.74 Å². The van der Waals surface area contributed by atoms with Gasteiger partial charge in [0.25, 0.3) is 5.91 Å². The maximum absolute atomic E-state index is 12.1. The number of ether oxygens (including phenoxy) is 2. The lowest BCUT2D eigenvalue weighted by atomic mass is 10.1. The standard InChI is InChI=1S/C14H19N3O6/c1-6-9(12(19)22-5)7(2)16-10(6)13(20)23-8(3)11(18)17-14(21)15-4/h8,16H,1-5H3,(H2,15,17,18,21)/t8-/m0/s1. The molecule has 0 saturated carbocycles. The Kier molecular flexibility index (Phi) is 5.88. The predicted octanol–water partition coefficient (Wildman–Crippen LogP) is 0.419. The summed E-state index contributed by atoms with van der Waals surface area (Å²) in [5.74, 6) is -2.17. The van der Waals surface area contributed by atoms with Crippen LogP contribution in [0.15, 0.2) is 0 Å². The number of aromatic amines is 1. The van der Waals surface area contributed by atoms with E-state index in [-0.39, 0.29) is 11.3 Å². The molecule has 0 aromatic carbocycles. The molecule has 0 aliphatic carbocycles. The van der Waals surface area contributed by atoms with Gasteiger partial charge in [-0.15, -0.1) is 0 Å². The molecule has 9 nitrogen and oxygen atoms in total. The summed E-state index contributed by atoms with van der Waals surface area (Å²) in [6, 6.07) is -0.710. The Labute approximate surface area is 132 Å². The largest absolute Gasteiger partial charge is 0.465 e. The third kappa shape index (κ3) is 4.09. The van der Waals surface area contributed by atoms with Crippen molar-refractivity contribution in [2.45, 2.75) is 26.9 Å². The molecule has 0 bridgehead atoms. The molecule has 1 rings (SSSR count). The lowest BCUT2D eigenvalue weighted by molar-refractivity contribution is -0.127. The van der Waals surface area contributed by atoms with Crippen molar-refractivity contribution in [3.8, 4) is 0 Å². The minimum Gasteiger partial charge on any atom is -0.465 e. The molecule has 9 heteroatoms. The van der Waals surface area contributed by atoms with Crippen LogP contribution in [0, 0.1) is 13.8 Å². The minimum atomic E-state index is -1.19. The number of H-pyrrole nitrogens is 1. The lowest BCUT2D eigenvalue weighted by Crippen LogP contribution is -2.43. The van der Waals surface area contributed by atoms with Crippen LogP contribution in [-0.4, -0.2) is 49.1 Å². The molecular weight excluding hydrogens is 306 g/mol. The highest BCUT2D eigenvalue weighted by Crippen LogP contribution is 2.20. The van der Waals surface area contributed by atoms with Gasteiger partial charge in [-0.3, -0.25) is 10.1 Å². The van der Waals surface area contributed by atoms with Crippen LogP contribution in [0.3, 0.4) is 0 Å². The Morgan fingerprint density at radius 2 is 1.74 bits per heavy atom. The molecule has 1 heterocycles. The van der Waals surface area contributed by atoms with E-state index < -0.39 is 30.0 Å². The van der Waals surface area contributed by atoms with Gasteiger partial charge < -0.3 is 19.8 Å². The third-order valence-electron chi connectivity index (χ3n) is 3.15. The zero-order valence-electron chi connectivity index (χ0n) is 13.5. The van der Waals surface area contributed by atoms with Crippen LogP contribution in [0.2, 0.25) is 0 Å². The molecule has 0 fully saturated rings. The number of imide groups is 1. The van der Waals surface area contributed by atoms with Crippen LogP contribution in [0.5, 0.6) is 0 Å². The molecule has 0 unspecified atom stereocenters. The van der Waals surface area contributed by atoms with Gasteiger partial charge in [0.15, 0.2) is 6.10 Å². The Hall–Kier alpha value is -2.84. The van der Waals surface area contributed by atoms with E-state index in [1.807, 2.05) is 5.32 Å². The van der Waals surface area contributed by atoms with Gasteiger partial charge in [0.2, 0.25) is 0 Å². The molecule has 1 aromatic heterocycles. The molecule has 3 N–H and O–H groups in total. The fourth-order valence-corrected chi connectivity index (χ4v) is 1.91. The number of urea groups is 1. The third-order valence-corrected chi connectivity index (χ3v) is 3.15. The van der Waals surface area contributed by atoms with Crippen molar-refractivity contribution >= 4 is 23.9 Å². The molecule has 0 saturated heterocycles. The second kappa shape index (κ2) is 7.43. The highest BCUT2D eigenvalue weighted by molar-refractivity contribution is 6.00. The smallest absolute Gasteiger partial charge is 0.355 e. The fourth-order valence-electron chi connectivity index (χ4n) is 1.91. The van der Waals surface area contributed by atoms with Gasteiger partial charge in [-0.25, -0.2) is 14.4 Å². The second-order valence-corrected chi connectivity index (χ2v) is 4.73. The van der Waals surface area contributed by atoms with Crippen LogP contribution in [0.4, 0.5) is 4.79 Å². The van der Waals surface area contributed by atoms with E-state index in [1.165, 1.54) is 21.1 Å². The Bertz CT molecular complexity index is 649. The van der Waals surface area contributed by atoms with E-state index in [1.54, 1.807) is 13.8 Å². The number of methoxy groups -OCH3 is 1. The van der Waals surface area contributed by atoms with Crippen molar-refractivity contribution in [3.63, 3.8) is 0 Å². The van der Waals surface area contributed by atoms with Gasteiger partial charge >= 0.3 is 18.0 Å². The number of amides is 3. The molecule has 3 amide bonds. The number of nitrogens with one attached hydrogen (secondary N) is 3. The van der Waals surface area contributed by atoms with E-state index in [9.17, 15) is 19.2 Å². The molecule has 0 radical (unpaired) electrons. The van der Waals surface area contributed by atoms with Gasteiger partial charge in [-0.1, -0.05) is 0 Å². The second-order valence-electron chi connectivity index (χ2n) is 4.73. The van der Waals surface area contributed by atoms with Crippen molar-refractivity contribution in [3.05, 3.63) is 22.5 Å². The number of esters is 2. The summed E-state index contributed by atoms with van der Waals surface area (Å²) >= 11 is 0. The molecule has 0 spiro atoms. The van der Waals surface area contributed by atoms with Gasteiger partial charge in [-0.05, 0) is 26.3 Å². The zero-order valence-corrected chi connectivity index (χ0v) is 13.5. The number of aromatic nitrogens is 1.